The third kappa shape index (κ3) is 3.01. The minimum Gasteiger partial charge on any atom is -0.477 e. The average molecular weight is 408 g/mol. The molecular weight excluding hydrogens is 388 g/mol. The van der Waals surface area contributed by atoms with Gasteiger partial charge in [0.1, 0.15) is 10.5 Å². The number of aromatic nitrogens is 1. The van der Waals surface area contributed by atoms with Crippen LogP contribution in [0.5, 0.6) is 0 Å². The maximum Gasteiger partial charge on any atom is 0.345 e. The van der Waals surface area contributed by atoms with E-state index in [0.29, 0.717) is 43.0 Å². The summed E-state index contributed by atoms with van der Waals surface area (Å²) < 4.78 is 6.20. The van der Waals surface area contributed by atoms with Crippen LogP contribution in [0.25, 0.3) is 10.9 Å². The summed E-state index contributed by atoms with van der Waals surface area (Å²) in [5.41, 5.74) is 1.95. The van der Waals surface area contributed by atoms with Gasteiger partial charge in [-0.25, -0.2) is 4.79 Å². The van der Waals surface area contributed by atoms with Crippen LogP contribution in [0.3, 0.4) is 0 Å². The Hall–Kier alpha value is -2.77. The molecule has 7 heteroatoms. The van der Waals surface area contributed by atoms with Crippen LogP contribution in [-0.4, -0.2) is 46.6 Å². The second-order valence-corrected chi connectivity index (χ2v) is 8.59. The molecule has 29 heavy (non-hydrogen) atoms. The van der Waals surface area contributed by atoms with Crippen molar-refractivity contribution in [1.29, 1.82) is 0 Å². The van der Waals surface area contributed by atoms with Gasteiger partial charge in [-0.05, 0) is 43.0 Å². The summed E-state index contributed by atoms with van der Waals surface area (Å²) in [6, 6.07) is 11.3. The van der Waals surface area contributed by atoms with Crippen LogP contribution in [0.2, 0.25) is 0 Å². The molecule has 0 radical (unpaired) electrons. The number of carboxylic acid groups (broad SMARTS) is 1. The Kier molecular flexibility index (Phi) is 4.37. The van der Waals surface area contributed by atoms with Gasteiger partial charge in [-0.15, -0.1) is 11.3 Å². The first-order chi connectivity index (χ1) is 14.1. The number of rotatable bonds is 2. The molecule has 0 saturated carbocycles. The number of piperidine rings is 1. The molecule has 2 aromatic heterocycles. The third-order valence-corrected chi connectivity index (χ3v) is 7.26. The Morgan fingerprint density at radius 1 is 1.17 bits per heavy atom. The maximum atomic E-state index is 13.2. The van der Waals surface area contributed by atoms with Gasteiger partial charge in [0.05, 0.1) is 17.7 Å². The molecule has 2 aliphatic heterocycles. The fraction of sp³-hybridized carbons (Fsp3) is 0.318. The first-order valence-corrected chi connectivity index (χ1v) is 10.5. The Balaban J connectivity index is 1.40. The number of amides is 1. The number of carboxylic acids is 1. The van der Waals surface area contributed by atoms with Gasteiger partial charge in [0.15, 0.2) is 0 Å². The van der Waals surface area contributed by atoms with Gasteiger partial charge in [0.2, 0.25) is 0 Å². The quantitative estimate of drug-likeness (QED) is 0.699. The zero-order chi connectivity index (χ0) is 20.0. The number of ether oxygens (including phenoxy) is 1. The van der Waals surface area contributed by atoms with E-state index >= 15 is 0 Å². The van der Waals surface area contributed by atoms with Crippen molar-refractivity contribution in [3.8, 4) is 0 Å². The molecule has 0 atom stereocenters. The zero-order valence-electron chi connectivity index (χ0n) is 15.8. The van der Waals surface area contributed by atoms with Crippen LogP contribution in [0.15, 0.2) is 42.6 Å². The molecular formula is C22H20N2O4S. The molecule has 3 aromatic rings. The molecule has 1 amide bonds. The van der Waals surface area contributed by atoms with Crippen molar-refractivity contribution in [2.45, 2.75) is 24.9 Å². The lowest BCUT2D eigenvalue weighted by atomic mass is 9.85. The lowest BCUT2D eigenvalue weighted by Gasteiger charge is -2.43. The molecule has 5 rings (SSSR count). The monoisotopic (exact) mass is 408 g/mol. The van der Waals surface area contributed by atoms with Crippen LogP contribution in [-0.2, 0) is 16.8 Å². The molecule has 1 saturated heterocycles. The normalized spacial score (nSPS) is 18.0. The number of nitrogens with zero attached hydrogens (tertiary/aromatic N) is 2. The van der Waals surface area contributed by atoms with Crippen LogP contribution in [0.4, 0.5) is 0 Å². The van der Waals surface area contributed by atoms with Crippen molar-refractivity contribution < 1.29 is 19.4 Å². The van der Waals surface area contributed by atoms with Gasteiger partial charge in [0.25, 0.3) is 5.91 Å². The lowest BCUT2D eigenvalue weighted by molar-refractivity contribution is -0.0906. The molecule has 0 unspecified atom stereocenters. The van der Waals surface area contributed by atoms with Crippen molar-refractivity contribution in [3.05, 3.63) is 63.5 Å². The predicted octanol–water partition coefficient (Wildman–Crippen LogP) is 3.70. The number of carbonyl (C=O) groups excluding carboxylic acids is 1. The number of likely N-dealkylation sites (tertiary alicyclic amines) is 1. The standard InChI is InChI=1S/C22H20N2O4S/c25-20(16-5-1-3-14-4-2-9-23-18(14)16)24-10-7-22(8-11-24)19-15(6-12-28-22)13-17(29-19)21(26)27/h1-5,9,13H,6-8,10-12H2,(H,26,27). The van der Waals surface area contributed by atoms with Gasteiger partial charge in [0, 0.05) is 29.5 Å². The van der Waals surface area contributed by atoms with E-state index in [1.54, 1.807) is 12.3 Å². The second-order valence-electron chi connectivity index (χ2n) is 7.54. The Morgan fingerprint density at radius 2 is 1.97 bits per heavy atom. The summed E-state index contributed by atoms with van der Waals surface area (Å²) >= 11 is 1.32. The molecule has 1 N–H and O–H groups in total. The summed E-state index contributed by atoms with van der Waals surface area (Å²) in [5.74, 6) is -0.909. The minimum absolute atomic E-state index is 0.0161. The highest BCUT2D eigenvalue weighted by Gasteiger charge is 2.43. The van der Waals surface area contributed by atoms with Crippen molar-refractivity contribution in [2.75, 3.05) is 19.7 Å². The number of fused-ring (bicyclic) bond motifs is 3. The molecule has 0 bridgehead atoms. The number of aromatic carboxylic acids is 1. The molecule has 1 fully saturated rings. The van der Waals surface area contributed by atoms with E-state index in [9.17, 15) is 14.7 Å². The number of hydrogen-bond donors (Lipinski definition) is 1. The highest BCUT2D eigenvalue weighted by molar-refractivity contribution is 7.14. The van der Waals surface area contributed by atoms with Gasteiger partial charge in [-0.1, -0.05) is 18.2 Å². The number of thiophene rings is 1. The van der Waals surface area contributed by atoms with E-state index in [-0.39, 0.29) is 5.91 Å². The highest BCUT2D eigenvalue weighted by Crippen LogP contribution is 2.45. The number of hydrogen-bond acceptors (Lipinski definition) is 5. The first-order valence-electron chi connectivity index (χ1n) is 9.71. The van der Waals surface area contributed by atoms with Crippen LogP contribution in [0.1, 0.15) is 43.3 Å². The molecule has 148 valence electrons. The summed E-state index contributed by atoms with van der Waals surface area (Å²) in [5, 5.41) is 10.3. The second kappa shape index (κ2) is 6.93. The SMILES string of the molecule is O=C(O)c1cc2c(s1)C1(CCN(C(=O)c3cccc4cccnc34)CC1)OCC2. The van der Waals surface area contributed by atoms with E-state index in [0.717, 1.165) is 27.8 Å². The predicted molar refractivity (Wildman–Crippen MR) is 109 cm³/mol. The topological polar surface area (TPSA) is 79.7 Å². The van der Waals surface area contributed by atoms with Crippen molar-refractivity contribution >= 4 is 34.1 Å². The van der Waals surface area contributed by atoms with Crippen LogP contribution >= 0.6 is 11.3 Å². The molecule has 2 aliphatic rings. The van der Waals surface area contributed by atoms with Crippen LogP contribution < -0.4 is 0 Å². The fourth-order valence-corrected chi connectivity index (χ4v) is 5.67. The highest BCUT2D eigenvalue weighted by atomic mass is 32.1. The largest absolute Gasteiger partial charge is 0.477 e. The molecule has 1 spiro atoms. The van der Waals surface area contributed by atoms with E-state index in [1.807, 2.05) is 35.2 Å². The summed E-state index contributed by atoms with van der Waals surface area (Å²) in [6.07, 6.45) is 3.79. The van der Waals surface area contributed by atoms with E-state index in [1.165, 1.54) is 11.3 Å². The van der Waals surface area contributed by atoms with E-state index in [2.05, 4.69) is 4.98 Å². The smallest absolute Gasteiger partial charge is 0.345 e. The third-order valence-electron chi connectivity index (χ3n) is 5.90. The summed E-state index contributed by atoms with van der Waals surface area (Å²) in [6.45, 7) is 1.73. The van der Waals surface area contributed by atoms with Crippen molar-refractivity contribution in [2.24, 2.45) is 0 Å². The number of benzene rings is 1. The van der Waals surface area contributed by atoms with Crippen LogP contribution in [0, 0.1) is 0 Å². The average Bonchev–Trinajstić information content (AvgIpc) is 3.20. The summed E-state index contributed by atoms with van der Waals surface area (Å²) in [7, 11) is 0. The Morgan fingerprint density at radius 3 is 2.76 bits per heavy atom. The first kappa shape index (κ1) is 18.3. The minimum atomic E-state index is -0.893. The van der Waals surface area contributed by atoms with Gasteiger partial charge < -0.3 is 14.7 Å². The van der Waals surface area contributed by atoms with Crippen molar-refractivity contribution in [1.82, 2.24) is 9.88 Å². The zero-order valence-corrected chi connectivity index (χ0v) is 16.6. The fourth-order valence-electron chi connectivity index (χ4n) is 4.42. The lowest BCUT2D eigenvalue weighted by Crippen LogP contribution is -2.47. The van der Waals surface area contributed by atoms with E-state index < -0.39 is 11.6 Å². The van der Waals surface area contributed by atoms with Crippen molar-refractivity contribution in [3.63, 3.8) is 0 Å². The Bertz CT molecular complexity index is 1110. The van der Waals surface area contributed by atoms with E-state index in [4.69, 9.17) is 4.74 Å². The number of carbonyl (C=O) groups is 2. The number of para-hydroxylation sites is 1. The Labute approximate surface area is 171 Å². The van der Waals surface area contributed by atoms with Gasteiger partial charge in [-0.2, -0.15) is 0 Å². The van der Waals surface area contributed by atoms with Gasteiger partial charge >= 0.3 is 5.97 Å². The maximum absolute atomic E-state index is 13.2. The molecule has 0 aliphatic carbocycles. The molecule has 4 heterocycles. The summed E-state index contributed by atoms with van der Waals surface area (Å²) in [4.78, 5) is 32.3. The molecule has 6 nitrogen and oxygen atoms in total. The molecule has 1 aromatic carbocycles. The van der Waals surface area contributed by atoms with Gasteiger partial charge in [-0.3, -0.25) is 9.78 Å². The number of pyridine rings is 1.